The van der Waals surface area contributed by atoms with Crippen LogP contribution >= 0.6 is 0 Å². The summed E-state index contributed by atoms with van der Waals surface area (Å²) >= 11 is 0. The molecule has 2 fully saturated rings. The second-order valence-electron chi connectivity index (χ2n) is 4.32. The average molecular weight is 184 g/mol. The van der Waals surface area contributed by atoms with E-state index in [0.717, 1.165) is 32.7 Å². The van der Waals surface area contributed by atoms with Crippen molar-refractivity contribution in [3.63, 3.8) is 0 Å². The molecular formula is C9H16N2O2. The molecule has 0 aromatic carbocycles. The Bertz CT molecular complexity index is 210. The van der Waals surface area contributed by atoms with Crippen molar-refractivity contribution in [1.82, 2.24) is 10.6 Å². The lowest BCUT2D eigenvalue weighted by atomic mass is 9.88. The molecule has 0 aliphatic carbocycles. The Morgan fingerprint density at radius 1 is 1.69 bits per heavy atom. The molecule has 0 aromatic rings. The molecule has 2 saturated heterocycles. The number of ether oxygens (including phenoxy) is 1. The van der Waals surface area contributed by atoms with Crippen LogP contribution in [0.4, 0.5) is 0 Å². The van der Waals surface area contributed by atoms with Gasteiger partial charge in [-0.25, -0.2) is 0 Å². The molecule has 0 spiro atoms. The predicted molar refractivity (Wildman–Crippen MR) is 48.3 cm³/mol. The molecule has 2 N–H and O–H groups in total. The first-order chi connectivity index (χ1) is 6.20. The van der Waals surface area contributed by atoms with Gasteiger partial charge in [-0.15, -0.1) is 0 Å². The number of carbonyl (C=O) groups is 1. The minimum atomic E-state index is 0.0598. The average Bonchev–Trinajstić information content (AvgIpc) is 1.94. The zero-order valence-corrected chi connectivity index (χ0v) is 7.93. The molecule has 74 valence electrons. The van der Waals surface area contributed by atoms with Crippen molar-refractivity contribution in [3.05, 3.63) is 0 Å². The molecule has 1 atom stereocenters. The standard InChI is InChI=1S/C9H16N2O2/c1-9(5-13-6-9)4-11-8(12)7-2-3-10-7/h7,10H,2-6H2,1H3,(H,11,12)/t7-/m1/s1. The summed E-state index contributed by atoms with van der Waals surface area (Å²) in [6, 6.07) is 0.0598. The van der Waals surface area contributed by atoms with Crippen LogP contribution in [0.5, 0.6) is 0 Å². The van der Waals surface area contributed by atoms with Crippen molar-refractivity contribution in [2.24, 2.45) is 5.41 Å². The zero-order valence-electron chi connectivity index (χ0n) is 7.93. The molecule has 0 unspecified atom stereocenters. The summed E-state index contributed by atoms with van der Waals surface area (Å²) in [6.45, 7) is 5.38. The molecule has 4 nitrogen and oxygen atoms in total. The Kier molecular flexibility index (Phi) is 2.26. The maximum Gasteiger partial charge on any atom is 0.237 e. The van der Waals surface area contributed by atoms with Crippen molar-refractivity contribution in [2.45, 2.75) is 19.4 Å². The van der Waals surface area contributed by atoms with Crippen LogP contribution in [-0.2, 0) is 9.53 Å². The fraction of sp³-hybridized carbons (Fsp3) is 0.889. The van der Waals surface area contributed by atoms with Crippen molar-refractivity contribution in [2.75, 3.05) is 26.3 Å². The maximum atomic E-state index is 11.4. The molecule has 2 rings (SSSR count). The third kappa shape index (κ3) is 1.84. The molecule has 0 saturated carbocycles. The Balaban J connectivity index is 1.69. The van der Waals surface area contributed by atoms with E-state index in [2.05, 4.69) is 17.6 Å². The summed E-state index contributed by atoms with van der Waals surface area (Å²) in [5.41, 5.74) is 0.180. The minimum Gasteiger partial charge on any atom is -0.380 e. The summed E-state index contributed by atoms with van der Waals surface area (Å²) in [5.74, 6) is 0.138. The van der Waals surface area contributed by atoms with Gasteiger partial charge in [0.1, 0.15) is 0 Å². The maximum absolute atomic E-state index is 11.4. The second kappa shape index (κ2) is 3.27. The van der Waals surface area contributed by atoms with Gasteiger partial charge in [0.15, 0.2) is 0 Å². The Morgan fingerprint density at radius 3 is 2.77 bits per heavy atom. The molecule has 2 heterocycles. The highest BCUT2D eigenvalue weighted by Crippen LogP contribution is 2.25. The van der Waals surface area contributed by atoms with Gasteiger partial charge < -0.3 is 15.4 Å². The molecule has 0 aromatic heterocycles. The van der Waals surface area contributed by atoms with E-state index >= 15 is 0 Å². The molecule has 1 amide bonds. The van der Waals surface area contributed by atoms with Crippen LogP contribution in [-0.4, -0.2) is 38.3 Å². The molecule has 13 heavy (non-hydrogen) atoms. The van der Waals surface area contributed by atoms with Gasteiger partial charge in [0.05, 0.1) is 19.3 Å². The van der Waals surface area contributed by atoms with E-state index in [1.807, 2.05) is 0 Å². The van der Waals surface area contributed by atoms with Gasteiger partial charge in [-0.1, -0.05) is 6.92 Å². The summed E-state index contributed by atoms with van der Waals surface area (Å²) in [4.78, 5) is 11.4. The lowest BCUT2D eigenvalue weighted by Gasteiger charge is -2.38. The third-order valence-electron chi connectivity index (χ3n) is 2.73. The van der Waals surface area contributed by atoms with E-state index in [4.69, 9.17) is 4.74 Å². The van der Waals surface area contributed by atoms with Crippen molar-refractivity contribution in [1.29, 1.82) is 0 Å². The van der Waals surface area contributed by atoms with Crippen LogP contribution in [0.25, 0.3) is 0 Å². The van der Waals surface area contributed by atoms with E-state index in [9.17, 15) is 4.79 Å². The molecule has 4 heteroatoms. The number of rotatable bonds is 3. The smallest absolute Gasteiger partial charge is 0.237 e. The fourth-order valence-electron chi connectivity index (χ4n) is 1.49. The van der Waals surface area contributed by atoms with Crippen molar-refractivity contribution >= 4 is 5.91 Å². The Hall–Kier alpha value is -0.610. The van der Waals surface area contributed by atoms with Crippen LogP contribution in [0.3, 0.4) is 0 Å². The monoisotopic (exact) mass is 184 g/mol. The van der Waals surface area contributed by atoms with Crippen molar-refractivity contribution < 1.29 is 9.53 Å². The van der Waals surface area contributed by atoms with Crippen molar-refractivity contribution in [3.8, 4) is 0 Å². The highest BCUT2D eigenvalue weighted by molar-refractivity contribution is 5.82. The minimum absolute atomic E-state index is 0.0598. The Labute approximate surface area is 78.0 Å². The topological polar surface area (TPSA) is 50.4 Å². The first-order valence-corrected chi connectivity index (χ1v) is 4.78. The number of nitrogens with one attached hydrogen (secondary N) is 2. The largest absolute Gasteiger partial charge is 0.380 e. The first-order valence-electron chi connectivity index (χ1n) is 4.78. The second-order valence-corrected chi connectivity index (χ2v) is 4.32. The van der Waals surface area contributed by atoms with Gasteiger partial charge in [0.2, 0.25) is 5.91 Å². The summed E-state index contributed by atoms with van der Waals surface area (Å²) in [6.07, 6.45) is 0.971. The lowest BCUT2D eigenvalue weighted by Crippen LogP contribution is -2.56. The summed E-state index contributed by atoms with van der Waals surface area (Å²) in [7, 11) is 0. The molecule has 0 bridgehead atoms. The summed E-state index contributed by atoms with van der Waals surface area (Å²) in [5, 5.41) is 6.02. The quantitative estimate of drug-likeness (QED) is 0.622. The third-order valence-corrected chi connectivity index (χ3v) is 2.73. The van der Waals surface area contributed by atoms with Crippen LogP contribution < -0.4 is 10.6 Å². The fourth-order valence-corrected chi connectivity index (χ4v) is 1.49. The number of amides is 1. The normalized spacial score (nSPS) is 30.1. The van der Waals surface area contributed by atoms with Crippen LogP contribution in [0, 0.1) is 5.41 Å². The molecular weight excluding hydrogens is 168 g/mol. The van der Waals surface area contributed by atoms with E-state index in [1.165, 1.54) is 0 Å². The van der Waals surface area contributed by atoms with Gasteiger partial charge in [0.25, 0.3) is 0 Å². The highest BCUT2D eigenvalue weighted by Gasteiger charge is 2.34. The first kappa shape index (κ1) is 8.97. The van der Waals surface area contributed by atoms with Crippen LogP contribution in [0.15, 0.2) is 0 Å². The van der Waals surface area contributed by atoms with Crippen LogP contribution in [0.1, 0.15) is 13.3 Å². The van der Waals surface area contributed by atoms with Gasteiger partial charge in [-0.3, -0.25) is 4.79 Å². The predicted octanol–water partition coefficient (Wildman–Crippen LogP) is -0.499. The molecule has 2 aliphatic rings. The molecule has 0 radical (unpaired) electrons. The van der Waals surface area contributed by atoms with Gasteiger partial charge in [-0.2, -0.15) is 0 Å². The van der Waals surface area contributed by atoms with E-state index in [0.29, 0.717) is 0 Å². The van der Waals surface area contributed by atoms with Gasteiger partial charge in [0, 0.05) is 12.0 Å². The molecule has 2 aliphatic heterocycles. The van der Waals surface area contributed by atoms with Gasteiger partial charge in [-0.05, 0) is 13.0 Å². The van der Waals surface area contributed by atoms with Crippen LogP contribution in [0.2, 0.25) is 0 Å². The van der Waals surface area contributed by atoms with Gasteiger partial charge >= 0.3 is 0 Å². The summed E-state index contributed by atoms with van der Waals surface area (Å²) < 4.78 is 5.10. The van der Waals surface area contributed by atoms with E-state index in [1.54, 1.807) is 0 Å². The number of hydrogen-bond acceptors (Lipinski definition) is 3. The number of hydrogen-bond donors (Lipinski definition) is 2. The Morgan fingerprint density at radius 2 is 2.38 bits per heavy atom. The van der Waals surface area contributed by atoms with E-state index in [-0.39, 0.29) is 17.4 Å². The van der Waals surface area contributed by atoms with E-state index < -0.39 is 0 Å². The highest BCUT2D eigenvalue weighted by atomic mass is 16.5. The SMILES string of the molecule is CC1(CNC(=O)[C@H]2CCN2)COC1. The zero-order chi connectivity index (χ0) is 9.31. The number of carbonyl (C=O) groups excluding carboxylic acids is 1. The lowest BCUT2D eigenvalue weighted by molar-refractivity contribution is -0.130.